The minimum absolute atomic E-state index is 0.128. The third-order valence-electron chi connectivity index (χ3n) is 3.75. The molecule has 1 aromatic carbocycles. The number of amides is 1. The maximum atomic E-state index is 12.2. The lowest BCUT2D eigenvalue weighted by Gasteiger charge is -2.20. The summed E-state index contributed by atoms with van der Waals surface area (Å²) < 4.78 is 0. The molecule has 0 aliphatic rings. The van der Waals surface area contributed by atoms with E-state index in [2.05, 4.69) is 29.3 Å². The summed E-state index contributed by atoms with van der Waals surface area (Å²) in [6.07, 6.45) is 0. The smallest absolute Gasteiger partial charge is 0.271 e. The van der Waals surface area contributed by atoms with Crippen molar-refractivity contribution >= 4 is 34.6 Å². The summed E-state index contributed by atoms with van der Waals surface area (Å²) in [6, 6.07) is 10.4. The second-order valence-electron chi connectivity index (χ2n) is 5.31. The molecule has 0 fully saturated rings. The van der Waals surface area contributed by atoms with Crippen molar-refractivity contribution in [2.24, 2.45) is 5.10 Å². The minimum atomic E-state index is -1.22. The van der Waals surface area contributed by atoms with Gasteiger partial charge >= 0.3 is 0 Å². The van der Waals surface area contributed by atoms with E-state index in [-0.39, 0.29) is 10.8 Å². The standard InChI is InChI=1S/C18H21N3O3S/c1-4-21(5-2)14-8-6-13(7-9-14)17(22)20-19-12(3)15-10-11-16(25-15)18(23)24/h6-11H,4-5H2,1-3H3,(H,20,22)(H,23,24)/p-1/b19-12-. The Bertz CT molecular complexity index is 777. The topological polar surface area (TPSA) is 84.8 Å². The van der Waals surface area contributed by atoms with Crippen LogP contribution in [0.3, 0.4) is 0 Å². The number of hydrogen-bond donors (Lipinski definition) is 1. The molecule has 0 aliphatic carbocycles. The molecule has 6 nitrogen and oxygen atoms in total. The third-order valence-corrected chi connectivity index (χ3v) is 4.92. The van der Waals surface area contributed by atoms with E-state index in [9.17, 15) is 14.7 Å². The van der Waals surface area contributed by atoms with Crippen molar-refractivity contribution in [1.82, 2.24) is 5.43 Å². The number of carboxylic acid groups (broad SMARTS) is 1. The predicted molar refractivity (Wildman–Crippen MR) is 98.3 cm³/mol. The van der Waals surface area contributed by atoms with Crippen LogP contribution < -0.4 is 15.4 Å². The molecule has 1 N–H and O–H groups in total. The van der Waals surface area contributed by atoms with Crippen molar-refractivity contribution in [2.45, 2.75) is 20.8 Å². The summed E-state index contributed by atoms with van der Waals surface area (Å²) in [7, 11) is 0. The number of hydrazone groups is 1. The molecule has 7 heteroatoms. The lowest BCUT2D eigenvalue weighted by atomic mass is 10.2. The molecule has 0 spiro atoms. The molecule has 25 heavy (non-hydrogen) atoms. The van der Waals surface area contributed by atoms with Crippen molar-refractivity contribution in [1.29, 1.82) is 0 Å². The summed E-state index contributed by atoms with van der Waals surface area (Å²) in [6.45, 7) is 7.67. The molecule has 132 valence electrons. The normalized spacial score (nSPS) is 11.2. The molecule has 0 unspecified atom stereocenters. The third kappa shape index (κ3) is 4.67. The molecule has 0 atom stereocenters. The number of rotatable bonds is 7. The van der Waals surface area contributed by atoms with Crippen LogP contribution in [-0.2, 0) is 0 Å². The van der Waals surface area contributed by atoms with Crippen LogP contribution in [0.15, 0.2) is 41.5 Å². The van der Waals surface area contributed by atoms with Gasteiger partial charge in [0.2, 0.25) is 0 Å². The van der Waals surface area contributed by atoms with Crippen LogP contribution in [0.1, 0.15) is 45.7 Å². The van der Waals surface area contributed by atoms with Gasteiger partial charge in [-0.3, -0.25) is 4.79 Å². The van der Waals surface area contributed by atoms with Crippen molar-refractivity contribution in [3.05, 3.63) is 51.7 Å². The van der Waals surface area contributed by atoms with Gasteiger partial charge in [-0.1, -0.05) is 0 Å². The van der Waals surface area contributed by atoms with Crippen LogP contribution >= 0.6 is 11.3 Å². The van der Waals surface area contributed by atoms with Crippen molar-refractivity contribution in [2.75, 3.05) is 18.0 Å². The monoisotopic (exact) mass is 358 g/mol. The number of nitrogens with one attached hydrogen (secondary N) is 1. The Morgan fingerprint density at radius 2 is 1.68 bits per heavy atom. The molecule has 0 aliphatic heterocycles. The second kappa shape index (κ2) is 8.43. The van der Waals surface area contributed by atoms with Gasteiger partial charge in [0.15, 0.2) is 0 Å². The summed E-state index contributed by atoms with van der Waals surface area (Å²) in [4.78, 5) is 26.0. The maximum Gasteiger partial charge on any atom is 0.271 e. The molecule has 1 amide bonds. The van der Waals surface area contributed by atoms with E-state index in [1.54, 1.807) is 25.1 Å². The van der Waals surface area contributed by atoms with E-state index >= 15 is 0 Å². The number of anilines is 1. The molecular weight excluding hydrogens is 338 g/mol. The van der Waals surface area contributed by atoms with Gasteiger partial charge in [0.05, 0.1) is 21.4 Å². The molecule has 0 saturated heterocycles. The molecule has 1 heterocycles. The van der Waals surface area contributed by atoms with Gasteiger partial charge in [-0.25, -0.2) is 5.43 Å². The summed E-state index contributed by atoms with van der Waals surface area (Å²) in [5, 5.41) is 14.8. The van der Waals surface area contributed by atoms with Gasteiger partial charge < -0.3 is 14.8 Å². The van der Waals surface area contributed by atoms with Crippen molar-refractivity contribution < 1.29 is 14.7 Å². The van der Waals surface area contributed by atoms with E-state index in [0.717, 1.165) is 30.1 Å². The predicted octanol–water partition coefficient (Wildman–Crippen LogP) is 2.11. The van der Waals surface area contributed by atoms with Gasteiger partial charge in [0.25, 0.3) is 5.91 Å². The van der Waals surface area contributed by atoms with E-state index in [0.29, 0.717) is 16.2 Å². The SMILES string of the molecule is CCN(CC)c1ccc(C(=O)N/N=C(/C)c2ccc(C(=O)[O-])s2)cc1. The van der Waals surface area contributed by atoms with Crippen LogP contribution in [0.25, 0.3) is 0 Å². The Labute approximate surface area is 150 Å². The Hall–Kier alpha value is -2.67. The summed E-state index contributed by atoms with van der Waals surface area (Å²) in [5.41, 5.74) is 4.60. The van der Waals surface area contributed by atoms with Crippen LogP contribution in [-0.4, -0.2) is 30.7 Å². The molecule has 0 saturated carbocycles. The Balaban J connectivity index is 2.04. The fourth-order valence-electron chi connectivity index (χ4n) is 2.31. The Kier molecular flexibility index (Phi) is 6.30. The Morgan fingerprint density at radius 1 is 1.08 bits per heavy atom. The van der Waals surface area contributed by atoms with Gasteiger partial charge in [0, 0.05) is 24.3 Å². The number of carbonyl (C=O) groups excluding carboxylic acids is 2. The van der Waals surface area contributed by atoms with Crippen LogP contribution in [0.5, 0.6) is 0 Å². The largest absolute Gasteiger partial charge is 0.544 e. The fraction of sp³-hybridized carbons (Fsp3) is 0.278. The lowest BCUT2D eigenvalue weighted by Crippen LogP contribution is -2.22. The van der Waals surface area contributed by atoms with Crippen molar-refractivity contribution in [3.8, 4) is 0 Å². The zero-order valence-corrected chi connectivity index (χ0v) is 15.2. The molecule has 2 rings (SSSR count). The van der Waals surface area contributed by atoms with E-state index < -0.39 is 5.97 Å². The first-order chi connectivity index (χ1) is 12.0. The van der Waals surface area contributed by atoms with Gasteiger partial charge in [-0.15, -0.1) is 11.3 Å². The quantitative estimate of drug-likeness (QED) is 0.607. The number of thiophene rings is 1. The molecule has 0 radical (unpaired) electrons. The highest BCUT2D eigenvalue weighted by Gasteiger charge is 2.08. The number of carboxylic acids is 1. The maximum absolute atomic E-state index is 12.2. The zero-order valence-electron chi connectivity index (χ0n) is 14.4. The van der Waals surface area contributed by atoms with Gasteiger partial charge in [-0.05, 0) is 57.2 Å². The molecule has 1 aromatic heterocycles. The molecule has 2 aromatic rings. The highest BCUT2D eigenvalue weighted by Crippen LogP contribution is 2.17. The lowest BCUT2D eigenvalue weighted by molar-refractivity contribution is -0.254. The van der Waals surface area contributed by atoms with Gasteiger partial charge in [0.1, 0.15) is 0 Å². The average molecular weight is 358 g/mol. The first kappa shape index (κ1) is 18.7. The van der Waals surface area contributed by atoms with Gasteiger partial charge in [-0.2, -0.15) is 5.10 Å². The number of nitrogens with zero attached hydrogens (tertiary/aromatic N) is 2. The fourth-order valence-corrected chi connectivity index (χ4v) is 3.09. The van der Waals surface area contributed by atoms with Crippen molar-refractivity contribution in [3.63, 3.8) is 0 Å². The number of carbonyl (C=O) groups is 2. The van der Waals surface area contributed by atoms with Crippen LogP contribution in [0.2, 0.25) is 0 Å². The highest BCUT2D eigenvalue weighted by atomic mass is 32.1. The van der Waals surface area contributed by atoms with E-state index in [1.807, 2.05) is 12.1 Å². The Morgan fingerprint density at radius 3 is 2.20 bits per heavy atom. The van der Waals surface area contributed by atoms with Crippen LogP contribution in [0, 0.1) is 0 Å². The second-order valence-corrected chi connectivity index (χ2v) is 6.39. The number of hydrogen-bond acceptors (Lipinski definition) is 6. The van der Waals surface area contributed by atoms with E-state index in [4.69, 9.17) is 0 Å². The van der Waals surface area contributed by atoms with Crippen LogP contribution in [0.4, 0.5) is 5.69 Å². The average Bonchev–Trinajstić information content (AvgIpc) is 3.11. The number of aromatic carboxylic acids is 1. The highest BCUT2D eigenvalue weighted by molar-refractivity contribution is 7.15. The summed E-state index contributed by atoms with van der Waals surface area (Å²) >= 11 is 1.06. The zero-order chi connectivity index (χ0) is 18.4. The molecular formula is C18H20N3O3S-. The first-order valence-electron chi connectivity index (χ1n) is 7.97. The number of benzene rings is 1. The van der Waals surface area contributed by atoms with E-state index in [1.165, 1.54) is 6.07 Å². The summed E-state index contributed by atoms with van der Waals surface area (Å²) in [5.74, 6) is -1.54. The minimum Gasteiger partial charge on any atom is -0.544 e. The first-order valence-corrected chi connectivity index (χ1v) is 8.79. The molecule has 0 bridgehead atoms.